The van der Waals surface area contributed by atoms with Gasteiger partial charge in [-0.05, 0) is 37.3 Å². The Morgan fingerprint density at radius 1 is 0.771 bits per heavy atom. The van der Waals surface area contributed by atoms with Crippen LogP contribution in [0.4, 0.5) is 17.1 Å². The number of nitro groups is 1. The summed E-state index contributed by atoms with van der Waals surface area (Å²) in [6.07, 6.45) is 0. The van der Waals surface area contributed by atoms with Gasteiger partial charge in [0.1, 0.15) is 11.4 Å². The molecule has 0 aliphatic heterocycles. The van der Waals surface area contributed by atoms with E-state index in [1.165, 1.54) is 9.25 Å². The highest BCUT2D eigenvalue weighted by molar-refractivity contribution is 5.98. The summed E-state index contributed by atoms with van der Waals surface area (Å²) in [5, 5.41) is 15.6. The molecule has 1 N–H and O–H groups in total. The van der Waals surface area contributed by atoms with E-state index in [9.17, 15) is 19.7 Å². The molecule has 0 spiro atoms. The van der Waals surface area contributed by atoms with E-state index in [0.29, 0.717) is 28.0 Å². The van der Waals surface area contributed by atoms with Gasteiger partial charge in [0.15, 0.2) is 0 Å². The Hall–Kier alpha value is -4.92. The van der Waals surface area contributed by atoms with Crippen molar-refractivity contribution < 1.29 is 4.92 Å². The van der Waals surface area contributed by atoms with Crippen molar-refractivity contribution in [1.82, 2.24) is 13.9 Å². The minimum atomic E-state index is -0.792. The van der Waals surface area contributed by atoms with Crippen LogP contribution in [0.3, 0.4) is 0 Å². The molecule has 35 heavy (non-hydrogen) atoms. The summed E-state index contributed by atoms with van der Waals surface area (Å²) < 4.78 is 4.45. The third-order valence-corrected chi connectivity index (χ3v) is 6.06. The Morgan fingerprint density at radius 2 is 1.34 bits per heavy atom. The van der Waals surface area contributed by atoms with Crippen molar-refractivity contribution in [1.29, 1.82) is 0 Å². The minimum Gasteiger partial charge on any atom is -0.343 e. The highest BCUT2D eigenvalue weighted by atomic mass is 16.6. The number of rotatable bonds is 5. The maximum atomic E-state index is 13.5. The molecule has 9 heteroatoms. The lowest BCUT2D eigenvalue weighted by atomic mass is 10.1. The first-order valence-corrected chi connectivity index (χ1v) is 10.9. The smallest absolute Gasteiger partial charge is 0.343 e. The predicted molar refractivity (Wildman–Crippen MR) is 135 cm³/mol. The lowest BCUT2D eigenvalue weighted by Crippen LogP contribution is -2.24. The summed E-state index contributed by atoms with van der Waals surface area (Å²) >= 11 is 0. The van der Waals surface area contributed by atoms with Crippen LogP contribution >= 0.6 is 0 Å². The molecule has 0 atom stereocenters. The highest BCUT2D eigenvalue weighted by Crippen LogP contribution is 2.34. The average Bonchev–Trinajstić information content (AvgIpc) is 3.08. The summed E-state index contributed by atoms with van der Waals surface area (Å²) in [7, 11) is 1.73. The Morgan fingerprint density at radius 3 is 1.97 bits per heavy atom. The monoisotopic (exact) mass is 467 g/mol. The maximum absolute atomic E-state index is 13.5. The molecule has 5 rings (SSSR count). The van der Waals surface area contributed by atoms with Crippen LogP contribution in [0.25, 0.3) is 22.3 Å². The van der Waals surface area contributed by atoms with Crippen molar-refractivity contribution in [2.24, 2.45) is 7.05 Å². The number of para-hydroxylation sites is 3. The molecule has 3 aromatic carbocycles. The van der Waals surface area contributed by atoms with Crippen LogP contribution in [0.2, 0.25) is 0 Å². The Kier molecular flexibility index (Phi) is 5.29. The van der Waals surface area contributed by atoms with Crippen molar-refractivity contribution in [3.8, 4) is 11.4 Å². The number of hydrogen-bond acceptors (Lipinski definition) is 5. The number of benzene rings is 3. The Labute approximate surface area is 199 Å². The van der Waals surface area contributed by atoms with Crippen LogP contribution in [0.15, 0.2) is 94.5 Å². The fraction of sp³-hybridized carbons (Fsp3) is 0.0769. The van der Waals surface area contributed by atoms with E-state index in [4.69, 9.17) is 0 Å². The normalized spacial score (nSPS) is 11.0. The molecule has 0 unspecified atom stereocenters. The molecule has 0 saturated heterocycles. The molecule has 0 saturated carbocycles. The van der Waals surface area contributed by atoms with Gasteiger partial charge in [0.25, 0.3) is 5.56 Å². The molecule has 2 aromatic heterocycles. The van der Waals surface area contributed by atoms with E-state index in [-0.39, 0.29) is 16.9 Å². The SMILES string of the molecule is Cc1c(Nc2c([N+](=O)[O-])c(=O)n(-c3ccccc3)c3ccccc23)c(=O)n(-c2ccccc2)n1C. The van der Waals surface area contributed by atoms with E-state index < -0.39 is 16.2 Å². The van der Waals surface area contributed by atoms with Crippen molar-refractivity contribution in [2.45, 2.75) is 6.92 Å². The van der Waals surface area contributed by atoms with Gasteiger partial charge in [-0.2, -0.15) is 0 Å². The van der Waals surface area contributed by atoms with Gasteiger partial charge in [-0.15, -0.1) is 0 Å². The zero-order valence-electron chi connectivity index (χ0n) is 19.0. The van der Waals surface area contributed by atoms with Gasteiger partial charge in [0.2, 0.25) is 0 Å². The first-order valence-electron chi connectivity index (χ1n) is 10.9. The lowest BCUT2D eigenvalue weighted by Gasteiger charge is -2.15. The Bertz CT molecular complexity index is 1700. The van der Waals surface area contributed by atoms with Crippen LogP contribution in [0, 0.1) is 17.0 Å². The number of nitrogens with one attached hydrogen (secondary N) is 1. The molecule has 0 bridgehead atoms. The Balaban J connectivity index is 1.80. The third-order valence-electron chi connectivity index (χ3n) is 6.06. The van der Waals surface area contributed by atoms with Crippen molar-refractivity contribution >= 4 is 28.0 Å². The summed E-state index contributed by atoms with van der Waals surface area (Å²) in [6.45, 7) is 1.74. The molecular formula is C26H21N5O4. The zero-order valence-corrected chi connectivity index (χ0v) is 19.0. The molecule has 9 nitrogen and oxygen atoms in total. The number of nitrogens with zero attached hydrogens (tertiary/aromatic N) is 4. The van der Waals surface area contributed by atoms with Crippen LogP contribution in [0.1, 0.15) is 5.69 Å². The number of fused-ring (bicyclic) bond motifs is 1. The summed E-state index contributed by atoms with van der Waals surface area (Å²) in [5.41, 5.74) is 0.511. The van der Waals surface area contributed by atoms with Crippen LogP contribution in [0.5, 0.6) is 0 Å². The second kappa shape index (κ2) is 8.45. The quantitative estimate of drug-likeness (QED) is 0.304. The second-order valence-corrected chi connectivity index (χ2v) is 8.04. The number of hydrogen-bond donors (Lipinski definition) is 1. The van der Waals surface area contributed by atoms with Crippen LogP contribution < -0.4 is 16.4 Å². The second-order valence-electron chi connectivity index (χ2n) is 8.04. The first kappa shape index (κ1) is 21.9. The fourth-order valence-corrected chi connectivity index (χ4v) is 4.30. The van der Waals surface area contributed by atoms with Gasteiger partial charge < -0.3 is 5.32 Å². The molecule has 0 fully saturated rings. The molecule has 0 aliphatic carbocycles. The summed E-state index contributed by atoms with van der Waals surface area (Å²) in [4.78, 5) is 38.4. The van der Waals surface area contributed by atoms with Gasteiger partial charge in [0.05, 0.1) is 21.8 Å². The molecule has 2 heterocycles. The van der Waals surface area contributed by atoms with Crippen LogP contribution in [-0.2, 0) is 7.05 Å². The largest absolute Gasteiger partial charge is 0.358 e. The molecule has 0 radical (unpaired) electrons. The standard InChI is InChI=1S/C26H21N5O4/c1-17-22(25(32)30(28(17)2)19-13-7-4-8-14-19)27-23-20-15-9-10-16-21(20)29(18-11-5-3-6-12-18)26(33)24(23)31(34)35/h3-16,27H,1-2H3. The summed E-state index contributed by atoms with van der Waals surface area (Å²) in [5.74, 6) is 0. The van der Waals surface area contributed by atoms with E-state index in [1.807, 2.05) is 18.2 Å². The van der Waals surface area contributed by atoms with E-state index >= 15 is 0 Å². The molecule has 174 valence electrons. The molecular weight excluding hydrogens is 446 g/mol. The number of aromatic nitrogens is 3. The molecule has 0 amide bonds. The van der Waals surface area contributed by atoms with Gasteiger partial charge in [-0.25, -0.2) is 4.68 Å². The van der Waals surface area contributed by atoms with E-state index in [1.54, 1.807) is 85.4 Å². The van der Waals surface area contributed by atoms with Gasteiger partial charge >= 0.3 is 11.2 Å². The average molecular weight is 467 g/mol. The third kappa shape index (κ3) is 3.50. The van der Waals surface area contributed by atoms with Gasteiger partial charge in [-0.1, -0.05) is 54.6 Å². The fourth-order valence-electron chi connectivity index (χ4n) is 4.30. The maximum Gasteiger partial charge on any atom is 0.358 e. The first-order chi connectivity index (χ1) is 16.9. The highest BCUT2D eigenvalue weighted by Gasteiger charge is 2.28. The molecule has 0 aliphatic rings. The van der Waals surface area contributed by atoms with E-state index in [0.717, 1.165) is 0 Å². The van der Waals surface area contributed by atoms with E-state index in [2.05, 4.69) is 5.32 Å². The van der Waals surface area contributed by atoms with Gasteiger partial charge in [-0.3, -0.25) is 29.0 Å². The van der Waals surface area contributed by atoms with Crippen molar-refractivity contribution in [2.75, 3.05) is 5.32 Å². The van der Waals surface area contributed by atoms with Crippen molar-refractivity contribution in [3.05, 3.63) is 121 Å². The number of pyridine rings is 1. The van der Waals surface area contributed by atoms with Gasteiger partial charge in [0, 0.05) is 18.1 Å². The lowest BCUT2D eigenvalue weighted by molar-refractivity contribution is -0.385. The van der Waals surface area contributed by atoms with Crippen LogP contribution in [-0.4, -0.2) is 18.9 Å². The number of anilines is 2. The zero-order chi connectivity index (χ0) is 24.7. The topological polar surface area (TPSA) is 104 Å². The van der Waals surface area contributed by atoms with Crippen molar-refractivity contribution in [3.63, 3.8) is 0 Å². The minimum absolute atomic E-state index is 0.0196. The molecule has 5 aromatic rings. The predicted octanol–water partition coefficient (Wildman–Crippen LogP) is 4.44. The summed E-state index contributed by atoms with van der Waals surface area (Å²) in [6, 6.07) is 24.7.